The summed E-state index contributed by atoms with van der Waals surface area (Å²) in [5, 5.41) is 7.98. The normalized spacial score (nSPS) is 29.7. The maximum absolute atomic E-state index is 11.7. The van der Waals surface area contributed by atoms with Crippen LogP contribution in [0.4, 0.5) is 0 Å². The summed E-state index contributed by atoms with van der Waals surface area (Å²) in [6.07, 6.45) is 5.50. The summed E-state index contributed by atoms with van der Waals surface area (Å²) >= 11 is 0. The van der Waals surface area contributed by atoms with Gasteiger partial charge in [0.2, 0.25) is 21.8 Å². The topological polar surface area (TPSA) is 94.8 Å². The molecule has 136 valence electrons. The Kier molecular flexibility index (Phi) is 5.53. The van der Waals surface area contributed by atoms with Gasteiger partial charge in [0.25, 0.3) is 0 Å². The van der Waals surface area contributed by atoms with Crippen molar-refractivity contribution in [3.8, 4) is 0 Å². The molecule has 1 aliphatic carbocycles. The zero-order valence-corrected chi connectivity index (χ0v) is 15.0. The molecule has 1 saturated carbocycles. The number of rotatable bonds is 5. The molecule has 9 heteroatoms. The van der Waals surface area contributed by atoms with Crippen molar-refractivity contribution in [3.05, 3.63) is 11.8 Å². The fourth-order valence-corrected chi connectivity index (χ4v) is 4.06. The highest BCUT2D eigenvalue weighted by Gasteiger charge is 2.31. The maximum atomic E-state index is 11.7. The largest absolute Gasteiger partial charge is 0.420 e. The fraction of sp³-hybridized carbons (Fsp3) is 0.867. The number of nitrogens with zero attached hydrogens (tertiary/aromatic N) is 3. The molecule has 3 atom stereocenters. The molecule has 2 fully saturated rings. The van der Waals surface area contributed by atoms with Crippen molar-refractivity contribution in [2.24, 2.45) is 5.92 Å². The molecule has 0 N–H and O–H groups in total. The van der Waals surface area contributed by atoms with E-state index in [-0.39, 0.29) is 19.3 Å². The summed E-state index contributed by atoms with van der Waals surface area (Å²) in [4.78, 5) is 0. The highest BCUT2D eigenvalue weighted by Crippen LogP contribution is 2.27. The molecule has 24 heavy (non-hydrogen) atoms. The van der Waals surface area contributed by atoms with E-state index in [1.54, 1.807) is 0 Å². The molecular weight excluding hydrogens is 334 g/mol. The Hall–Kier alpha value is -1.03. The van der Waals surface area contributed by atoms with Gasteiger partial charge >= 0.3 is 0 Å². The molecular formula is C15H25N3O5S. The summed E-state index contributed by atoms with van der Waals surface area (Å²) in [5.74, 6) is 1.40. The van der Waals surface area contributed by atoms with Crippen LogP contribution in [0, 0.1) is 5.92 Å². The summed E-state index contributed by atoms with van der Waals surface area (Å²) < 4.78 is 41.7. The Morgan fingerprint density at radius 2 is 2.17 bits per heavy atom. The Morgan fingerprint density at radius 3 is 2.92 bits per heavy atom. The van der Waals surface area contributed by atoms with Gasteiger partial charge in [-0.3, -0.25) is 0 Å². The summed E-state index contributed by atoms with van der Waals surface area (Å²) in [5.41, 5.74) is 0. The SMILES string of the molecule is C[C@@H]1CCC[C@H](OCc2nnc([C@H]3CN(S(C)(=O)=O)CCO3)o2)C1. The minimum atomic E-state index is -3.25. The van der Waals surface area contributed by atoms with E-state index in [1.807, 2.05) is 0 Å². The predicted octanol–water partition coefficient (Wildman–Crippen LogP) is 1.50. The minimum Gasteiger partial charge on any atom is -0.420 e. The van der Waals surface area contributed by atoms with Gasteiger partial charge in [0.1, 0.15) is 12.7 Å². The van der Waals surface area contributed by atoms with Crippen LogP contribution in [0.3, 0.4) is 0 Å². The number of hydrogen-bond donors (Lipinski definition) is 0. The van der Waals surface area contributed by atoms with Crippen molar-refractivity contribution in [2.45, 2.75) is 51.4 Å². The second-order valence-corrected chi connectivity index (χ2v) is 8.70. The highest BCUT2D eigenvalue weighted by atomic mass is 32.2. The summed E-state index contributed by atoms with van der Waals surface area (Å²) in [6, 6.07) is 0. The molecule has 1 aliphatic heterocycles. The number of aromatic nitrogens is 2. The fourth-order valence-electron chi connectivity index (χ4n) is 3.25. The smallest absolute Gasteiger partial charge is 0.246 e. The Morgan fingerprint density at radius 1 is 1.33 bits per heavy atom. The molecule has 1 aromatic rings. The van der Waals surface area contributed by atoms with Crippen LogP contribution in [0.2, 0.25) is 0 Å². The average Bonchev–Trinajstić information content (AvgIpc) is 3.01. The summed E-state index contributed by atoms with van der Waals surface area (Å²) in [7, 11) is -3.25. The van der Waals surface area contributed by atoms with E-state index in [9.17, 15) is 8.42 Å². The molecule has 3 rings (SSSR count). The van der Waals surface area contributed by atoms with Crippen LogP contribution >= 0.6 is 0 Å². The molecule has 0 unspecified atom stereocenters. The Labute approximate surface area is 142 Å². The first-order valence-electron chi connectivity index (χ1n) is 8.42. The van der Waals surface area contributed by atoms with Crippen LogP contribution in [0.1, 0.15) is 50.5 Å². The molecule has 8 nitrogen and oxygen atoms in total. The zero-order chi connectivity index (χ0) is 17.2. The van der Waals surface area contributed by atoms with Crippen LogP contribution in [0.25, 0.3) is 0 Å². The second-order valence-electron chi connectivity index (χ2n) is 6.72. The number of hydrogen-bond acceptors (Lipinski definition) is 7. The maximum Gasteiger partial charge on any atom is 0.246 e. The van der Waals surface area contributed by atoms with Crippen molar-refractivity contribution in [1.29, 1.82) is 0 Å². The van der Waals surface area contributed by atoms with E-state index in [1.165, 1.54) is 23.4 Å². The van der Waals surface area contributed by atoms with Gasteiger partial charge in [0.15, 0.2) is 0 Å². The minimum absolute atomic E-state index is 0.196. The van der Waals surface area contributed by atoms with Crippen molar-refractivity contribution in [1.82, 2.24) is 14.5 Å². The van der Waals surface area contributed by atoms with Gasteiger partial charge < -0.3 is 13.9 Å². The average molecular weight is 359 g/mol. The third-order valence-electron chi connectivity index (χ3n) is 4.59. The standard InChI is InChI=1S/C15H25N3O5S/c1-11-4-3-5-12(8-11)22-10-14-16-17-15(23-14)13-9-18(6-7-21-13)24(2,19)20/h11-13H,3-10H2,1-2H3/t11-,12+,13-/m1/s1. The van der Waals surface area contributed by atoms with Gasteiger partial charge in [-0.15, -0.1) is 10.2 Å². The molecule has 1 saturated heterocycles. The number of morpholine rings is 1. The molecule has 2 aliphatic rings. The molecule has 1 aromatic heterocycles. The third kappa shape index (κ3) is 4.53. The van der Waals surface area contributed by atoms with Crippen molar-refractivity contribution >= 4 is 10.0 Å². The predicted molar refractivity (Wildman–Crippen MR) is 85.6 cm³/mol. The van der Waals surface area contributed by atoms with Gasteiger partial charge in [0, 0.05) is 13.1 Å². The molecule has 0 spiro atoms. The van der Waals surface area contributed by atoms with Crippen molar-refractivity contribution in [3.63, 3.8) is 0 Å². The first kappa shape index (κ1) is 17.8. The van der Waals surface area contributed by atoms with Gasteiger partial charge in [-0.2, -0.15) is 4.31 Å². The summed E-state index contributed by atoms with van der Waals surface area (Å²) in [6.45, 7) is 3.38. The lowest BCUT2D eigenvalue weighted by atomic mass is 9.89. The van der Waals surface area contributed by atoms with Gasteiger partial charge in [-0.1, -0.05) is 19.8 Å². The Balaban J connectivity index is 1.55. The van der Waals surface area contributed by atoms with Crippen LogP contribution in [-0.2, 0) is 26.1 Å². The van der Waals surface area contributed by atoms with Gasteiger partial charge in [-0.05, 0) is 18.8 Å². The third-order valence-corrected chi connectivity index (χ3v) is 5.86. The van der Waals surface area contributed by atoms with Gasteiger partial charge in [0.05, 0.1) is 19.0 Å². The first-order chi connectivity index (χ1) is 11.4. The molecule has 0 bridgehead atoms. The van der Waals surface area contributed by atoms with Crippen LogP contribution in [-0.4, -0.2) is 55.0 Å². The lowest BCUT2D eigenvalue weighted by Gasteiger charge is -2.29. The van der Waals surface area contributed by atoms with E-state index >= 15 is 0 Å². The molecule has 0 amide bonds. The van der Waals surface area contributed by atoms with Gasteiger partial charge in [-0.25, -0.2) is 8.42 Å². The van der Waals surface area contributed by atoms with E-state index in [0.29, 0.717) is 30.9 Å². The van der Waals surface area contributed by atoms with E-state index in [0.717, 1.165) is 12.8 Å². The van der Waals surface area contributed by atoms with Crippen LogP contribution < -0.4 is 0 Å². The van der Waals surface area contributed by atoms with Crippen molar-refractivity contribution in [2.75, 3.05) is 26.0 Å². The lowest BCUT2D eigenvalue weighted by Crippen LogP contribution is -2.41. The Bertz CT molecular complexity index is 647. The lowest BCUT2D eigenvalue weighted by molar-refractivity contribution is -0.0233. The van der Waals surface area contributed by atoms with E-state index in [2.05, 4.69) is 17.1 Å². The quantitative estimate of drug-likeness (QED) is 0.786. The van der Waals surface area contributed by atoms with Crippen molar-refractivity contribution < 1.29 is 22.3 Å². The molecule has 0 aromatic carbocycles. The first-order valence-corrected chi connectivity index (χ1v) is 10.3. The van der Waals surface area contributed by atoms with Crippen LogP contribution in [0.5, 0.6) is 0 Å². The van der Waals surface area contributed by atoms with E-state index < -0.39 is 16.1 Å². The van der Waals surface area contributed by atoms with E-state index in [4.69, 9.17) is 13.9 Å². The number of sulfonamides is 1. The second kappa shape index (κ2) is 7.47. The monoisotopic (exact) mass is 359 g/mol. The highest BCUT2D eigenvalue weighted by molar-refractivity contribution is 7.88. The zero-order valence-electron chi connectivity index (χ0n) is 14.2. The molecule has 0 radical (unpaired) electrons. The van der Waals surface area contributed by atoms with Crippen LogP contribution in [0.15, 0.2) is 4.42 Å². The number of ether oxygens (including phenoxy) is 2. The molecule has 2 heterocycles.